The molecule has 2 N–H and O–H groups in total. The maximum absolute atomic E-state index is 12.2. The van der Waals surface area contributed by atoms with Crippen LogP contribution in [0.15, 0.2) is 38.5 Å². The van der Waals surface area contributed by atoms with Crippen LogP contribution in [0.1, 0.15) is 11.3 Å². The van der Waals surface area contributed by atoms with Crippen LogP contribution in [0.3, 0.4) is 0 Å². The van der Waals surface area contributed by atoms with Crippen molar-refractivity contribution in [2.45, 2.75) is 18.4 Å². The number of halogens is 2. The minimum Gasteiger partial charge on any atom is -0.347 e. The molecule has 0 saturated carbocycles. The molecule has 1 aromatic heterocycles. The van der Waals surface area contributed by atoms with Crippen molar-refractivity contribution in [1.29, 1.82) is 0 Å². The molecule has 2 rings (SSSR count). The van der Waals surface area contributed by atoms with E-state index in [2.05, 4.69) is 46.5 Å². The monoisotopic (exact) mass is 407 g/mol. The third-order valence-electron chi connectivity index (χ3n) is 2.51. The van der Waals surface area contributed by atoms with Crippen molar-refractivity contribution in [2.24, 2.45) is 0 Å². The summed E-state index contributed by atoms with van der Waals surface area (Å²) in [5, 5.41) is 0. The zero-order valence-corrected chi connectivity index (χ0v) is 13.9. The summed E-state index contributed by atoms with van der Waals surface area (Å²) in [4.78, 5) is 6.87. The van der Waals surface area contributed by atoms with E-state index in [1.165, 1.54) is 6.33 Å². The largest absolute Gasteiger partial charge is 0.347 e. The highest BCUT2D eigenvalue weighted by molar-refractivity contribution is 9.11. The maximum Gasteiger partial charge on any atom is 0.242 e. The van der Waals surface area contributed by atoms with E-state index in [0.717, 1.165) is 10.0 Å². The third kappa shape index (κ3) is 3.44. The first-order valence-corrected chi connectivity index (χ1v) is 8.39. The number of nitrogens with one attached hydrogen (secondary N) is 2. The normalized spacial score (nSPS) is 11.7. The molecule has 0 spiro atoms. The van der Waals surface area contributed by atoms with Gasteiger partial charge in [0, 0.05) is 20.8 Å². The molecule has 1 heterocycles. The summed E-state index contributed by atoms with van der Waals surface area (Å²) in [6.07, 6.45) is 3.07. The Kier molecular flexibility index (Phi) is 4.44. The molecule has 1 aromatic carbocycles. The number of H-pyrrole nitrogens is 1. The van der Waals surface area contributed by atoms with Gasteiger partial charge in [-0.1, -0.05) is 15.9 Å². The SMILES string of the molecule is Cc1cc(Br)c(S(=O)(=O)NCc2cnc[nH]2)cc1Br. The first-order chi connectivity index (χ1) is 8.90. The molecule has 0 fully saturated rings. The third-order valence-corrected chi connectivity index (χ3v) is 5.72. The van der Waals surface area contributed by atoms with Crippen LogP contribution in [-0.4, -0.2) is 18.4 Å². The lowest BCUT2D eigenvalue weighted by molar-refractivity contribution is 0.580. The Labute approximate surface area is 128 Å². The number of imidazole rings is 1. The summed E-state index contributed by atoms with van der Waals surface area (Å²) in [5.41, 5.74) is 1.66. The van der Waals surface area contributed by atoms with Gasteiger partial charge in [0.2, 0.25) is 10.0 Å². The van der Waals surface area contributed by atoms with Gasteiger partial charge in [-0.05, 0) is 40.5 Å². The number of aryl methyl sites for hydroxylation is 1. The molecule has 0 atom stereocenters. The van der Waals surface area contributed by atoms with Gasteiger partial charge in [0.1, 0.15) is 0 Å². The van der Waals surface area contributed by atoms with Gasteiger partial charge in [-0.2, -0.15) is 0 Å². The molecule has 0 bridgehead atoms. The lowest BCUT2D eigenvalue weighted by Crippen LogP contribution is -2.23. The van der Waals surface area contributed by atoms with Crippen LogP contribution in [0.5, 0.6) is 0 Å². The lowest BCUT2D eigenvalue weighted by Gasteiger charge is -2.09. The number of rotatable bonds is 4. The van der Waals surface area contributed by atoms with Crippen LogP contribution in [0.4, 0.5) is 0 Å². The molecule has 0 aliphatic heterocycles. The molecule has 19 heavy (non-hydrogen) atoms. The Hall–Kier alpha value is -0.700. The first-order valence-electron chi connectivity index (χ1n) is 5.33. The summed E-state index contributed by atoms with van der Waals surface area (Å²) in [6, 6.07) is 3.34. The standard InChI is InChI=1S/C11H11Br2N3O2S/c1-7-2-10(13)11(3-9(7)12)19(17,18)16-5-8-4-14-6-15-8/h2-4,6,16H,5H2,1H3,(H,14,15). The summed E-state index contributed by atoms with van der Waals surface area (Å²) < 4.78 is 28.2. The Morgan fingerprint density at radius 3 is 2.68 bits per heavy atom. The van der Waals surface area contributed by atoms with Gasteiger partial charge in [0.25, 0.3) is 0 Å². The van der Waals surface area contributed by atoms with Gasteiger partial charge in [-0.25, -0.2) is 18.1 Å². The summed E-state index contributed by atoms with van der Waals surface area (Å²) in [5.74, 6) is 0. The summed E-state index contributed by atoms with van der Waals surface area (Å²) >= 11 is 6.61. The van der Waals surface area contributed by atoms with Crippen LogP contribution in [0.2, 0.25) is 0 Å². The van der Waals surface area contributed by atoms with Gasteiger partial charge < -0.3 is 4.98 Å². The van der Waals surface area contributed by atoms with E-state index in [4.69, 9.17) is 0 Å². The van der Waals surface area contributed by atoms with Crippen molar-refractivity contribution in [3.63, 3.8) is 0 Å². The van der Waals surface area contributed by atoms with Crippen molar-refractivity contribution in [3.05, 3.63) is 44.9 Å². The van der Waals surface area contributed by atoms with E-state index in [0.29, 0.717) is 10.2 Å². The zero-order valence-electron chi connectivity index (χ0n) is 9.94. The molecular weight excluding hydrogens is 398 g/mol. The van der Waals surface area contributed by atoms with Crippen LogP contribution >= 0.6 is 31.9 Å². The number of benzene rings is 1. The van der Waals surface area contributed by atoms with Crippen molar-refractivity contribution in [3.8, 4) is 0 Å². The van der Waals surface area contributed by atoms with Crippen LogP contribution in [0, 0.1) is 6.92 Å². The number of aromatic amines is 1. The average molecular weight is 409 g/mol. The van der Waals surface area contributed by atoms with Crippen molar-refractivity contribution < 1.29 is 8.42 Å². The van der Waals surface area contributed by atoms with E-state index < -0.39 is 10.0 Å². The number of aromatic nitrogens is 2. The van der Waals surface area contributed by atoms with E-state index in [1.807, 2.05) is 6.92 Å². The minimum absolute atomic E-state index is 0.167. The first kappa shape index (κ1) is 14.7. The summed E-state index contributed by atoms with van der Waals surface area (Å²) in [7, 11) is -3.58. The minimum atomic E-state index is -3.58. The Bertz CT molecular complexity index is 684. The zero-order chi connectivity index (χ0) is 14.0. The number of hydrogen-bond donors (Lipinski definition) is 2. The highest BCUT2D eigenvalue weighted by atomic mass is 79.9. The smallest absolute Gasteiger partial charge is 0.242 e. The van der Waals surface area contributed by atoms with Crippen molar-refractivity contribution >= 4 is 41.9 Å². The van der Waals surface area contributed by atoms with E-state index >= 15 is 0 Å². The summed E-state index contributed by atoms with van der Waals surface area (Å²) in [6.45, 7) is 2.06. The second-order valence-electron chi connectivity index (χ2n) is 3.93. The van der Waals surface area contributed by atoms with E-state index in [-0.39, 0.29) is 11.4 Å². The quantitative estimate of drug-likeness (QED) is 0.816. The molecule has 0 unspecified atom stereocenters. The van der Waals surface area contributed by atoms with E-state index in [1.54, 1.807) is 18.3 Å². The molecule has 0 amide bonds. The van der Waals surface area contributed by atoms with E-state index in [9.17, 15) is 8.42 Å². The number of nitrogens with zero attached hydrogens (tertiary/aromatic N) is 1. The number of hydrogen-bond acceptors (Lipinski definition) is 3. The topological polar surface area (TPSA) is 74.8 Å². The van der Waals surface area contributed by atoms with Crippen molar-refractivity contribution in [2.75, 3.05) is 0 Å². The second-order valence-corrected chi connectivity index (χ2v) is 7.38. The van der Waals surface area contributed by atoms with Gasteiger partial charge >= 0.3 is 0 Å². The molecular formula is C11H11Br2N3O2S. The van der Waals surface area contributed by atoms with Gasteiger partial charge in [-0.3, -0.25) is 0 Å². The molecule has 8 heteroatoms. The average Bonchev–Trinajstić information content (AvgIpc) is 2.84. The highest BCUT2D eigenvalue weighted by Gasteiger charge is 2.18. The van der Waals surface area contributed by atoms with Gasteiger partial charge in [-0.15, -0.1) is 0 Å². The fraction of sp³-hybridized carbons (Fsp3) is 0.182. The molecule has 0 saturated heterocycles. The fourth-order valence-electron chi connectivity index (χ4n) is 1.47. The molecule has 0 aliphatic rings. The molecule has 5 nitrogen and oxygen atoms in total. The fourth-order valence-corrected chi connectivity index (χ4v) is 4.15. The highest BCUT2D eigenvalue weighted by Crippen LogP contribution is 2.28. The lowest BCUT2D eigenvalue weighted by atomic mass is 10.2. The second kappa shape index (κ2) is 5.74. The molecule has 0 aliphatic carbocycles. The number of sulfonamides is 1. The van der Waals surface area contributed by atoms with Gasteiger partial charge in [0.05, 0.1) is 17.8 Å². The molecule has 102 valence electrons. The van der Waals surface area contributed by atoms with Crippen molar-refractivity contribution in [1.82, 2.24) is 14.7 Å². The molecule has 2 aromatic rings. The Balaban J connectivity index is 2.27. The predicted octanol–water partition coefficient (Wildman–Crippen LogP) is 2.72. The van der Waals surface area contributed by atoms with Crippen LogP contribution in [0.25, 0.3) is 0 Å². The van der Waals surface area contributed by atoms with Gasteiger partial charge in [0.15, 0.2) is 0 Å². The Morgan fingerprint density at radius 1 is 1.32 bits per heavy atom. The Morgan fingerprint density at radius 2 is 2.05 bits per heavy atom. The van der Waals surface area contributed by atoms with Crippen LogP contribution < -0.4 is 4.72 Å². The molecule has 0 radical (unpaired) electrons. The predicted molar refractivity (Wildman–Crippen MR) is 79.2 cm³/mol. The van der Waals surface area contributed by atoms with Crippen LogP contribution in [-0.2, 0) is 16.6 Å². The maximum atomic E-state index is 12.2.